The molecule has 1 saturated heterocycles. The van der Waals surface area contributed by atoms with Crippen LogP contribution in [0.2, 0.25) is 5.02 Å². The first-order chi connectivity index (χ1) is 17.4. The zero-order valence-corrected chi connectivity index (χ0v) is 21.7. The van der Waals surface area contributed by atoms with Crippen molar-refractivity contribution in [3.63, 3.8) is 0 Å². The molecule has 2 heterocycles. The third-order valence-electron chi connectivity index (χ3n) is 6.63. The predicted octanol–water partition coefficient (Wildman–Crippen LogP) is 4.31. The molecule has 0 unspecified atom stereocenters. The number of carbonyl (C=O) groups excluding carboxylic acids is 2. The lowest BCUT2D eigenvalue weighted by molar-refractivity contribution is -0.150. The van der Waals surface area contributed by atoms with Crippen LogP contribution in [0, 0.1) is 5.92 Å². The summed E-state index contributed by atoms with van der Waals surface area (Å²) in [6.07, 6.45) is 2.10. The first-order valence-corrected chi connectivity index (χ1v) is 12.6. The molecule has 4 rings (SSSR count). The van der Waals surface area contributed by atoms with E-state index in [-0.39, 0.29) is 30.4 Å². The number of hydrogen-bond donors (Lipinski definition) is 0. The number of piperidine rings is 1. The van der Waals surface area contributed by atoms with Crippen LogP contribution in [0.3, 0.4) is 0 Å². The van der Waals surface area contributed by atoms with E-state index in [1.807, 2.05) is 41.3 Å². The number of likely N-dealkylation sites (tertiary alicyclic amines) is 1. The topological polar surface area (TPSA) is 80.7 Å². The van der Waals surface area contributed by atoms with Crippen molar-refractivity contribution in [1.82, 2.24) is 9.91 Å². The molecule has 0 saturated carbocycles. The molecule has 2 aromatic rings. The van der Waals surface area contributed by atoms with Crippen LogP contribution in [0.15, 0.2) is 47.6 Å². The summed E-state index contributed by atoms with van der Waals surface area (Å²) in [5.74, 6) is 0.718. The minimum atomic E-state index is -0.365. The van der Waals surface area contributed by atoms with Gasteiger partial charge in [0.05, 0.1) is 45.0 Å². The lowest BCUT2D eigenvalue weighted by Crippen LogP contribution is -2.44. The van der Waals surface area contributed by atoms with E-state index in [0.717, 1.165) is 36.2 Å². The molecule has 0 aromatic heterocycles. The van der Waals surface area contributed by atoms with Crippen LogP contribution in [0.1, 0.15) is 43.4 Å². The van der Waals surface area contributed by atoms with Crippen LogP contribution in [0.25, 0.3) is 0 Å². The average Bonchev–Trinajstić information content (AvgIpc) is 3.34. The Balaban J connectivity index is 1.61. The van der Waals surface area contributed by atoms with Gasteiger partial charge < -0.3 is 14.2 Å². The summed E-state index contributed by atoms with van der Waals surface area (Å²) in [6, 6.07) is 12.7. The average molecular weight is 514 g/mol. The number of carbonyl (C=O) groups is 2. The number of rotatable bonds is 8. The van der Waals surface area contributed by atoms with Crippen LogP contribution >= 0.6 is 11.6 Å². The van der Waals surface area contributed by atoms with E-state index < -0.39 is 0 Å². The summed E-state index contributed by atoms with van der Waals surface area (Å²) < 4.78 is 16.2. The van der Waals surface area contributed by atoms with Crippen molar-refractivity contribution >= 4 is 29.2 Å². The molecular formula is C27H32ClN3O5. The minimum Gasteiger partial charge on any atom is -0.497 e. The van der Waals surface area contributed by atoms with Crippen LogP contribution in [-0.4, -0.2) is 68.0 Å². The van der Waals surface area contributed by atoms with Crippen molar-refractivity contribution in [2.24, 2.45) is 11.0 Å². The highest BCUT2D eigenvalue weighted by Gasteiger charge is 2.37. The number of hydrogen-bond acceptors (Lipinski definition) is 7. The van der Waals surface area contributed by atoms with Crippen molar-refractivity contribution in [2.45, 2.75) is 32.2 Å². The Bertz CT molecular complexity index is 1140. The van der Waals surface area contributed by atoms with Gasteiger partial charge in [-0.25, -0.2) is 5.01 Å². The van der Waals surface area contributed by atoms with Crippen LogP contribution in [-0.2, 0) is 14.3 Å². The van der Waals surface area contributed by atoms with Gasteiger partial charge in [0.1, 0.15) is 11.5 Å². The maximum atomic E-state index is 13.6. The lowest BCUT2D eigenvalue weighted by Gasteiger charge is -2.32. The van der Waals surface area contributed by atoms with Gasteiger partial charge in [0.15, 0.2) is 0 Å². The smallest absolute Gasteiger partial charge is 0.310 e. The normalized spacial score (nSPS) is 20.1. The number of halogens is 1. The fourth-order valence-electron chi connectivity index (χ4n) is 4.85. The molecule has 2 atom stereocenters. The quantitative estimate of drug-likeness (QED) is 0.489. The van der Waals surface area contributed by atoms with Gasteiger partial charge in [-0.1, -0.05) is 29.8 Å². The van der Waals surface area contributed by atoms with Crippen molar-refractivity contribution in [1.29, 1.82) is 0 Å². The third kappa shape index (κ3) is 5.65. The number of benzene rings is 2. The zero-order chi connectivity index (χ0) is 25.7. The summed E-state index contributed by atoms with van der Waals surface area (Å²) in [7, 11) is 3.19. The second-order valence-electron chi connectivity index (χ2n) is 8.92. The van der Waals surface area contributed by atoms with E-state index in [2.05, 4.69) is 0 Å². The summed E-state index contributed by atoms with van der Waals surface area (Å²) in [6.45, 7) is 3.55. The molecule has 8 nitrogen and oxygen atoms in total. The highest BCUT2D eigenvalue weighted by molar-refractivity contribution is 6.34. The Kier molecular flexibility index (Phi) is 8.48. The molecule has 1 amide bonds. The summed E-state index contributed by atoms with van der Waals surface area (Å²) in [5, 5.41) is 6.88. The van der Waals surface area contributed by atoms with Crippen LogP contribution < -0.4 is 9.47 Å². The molecule has 0 N–H and O–H groups in total. The fourth-order valence-corrected chi connectivity index (χ4v) is 5.09. The van der Waals surface area contributed by atoms with Gasteiger partial charge in [-0.2, -0.15) is 5.10 Å². The maximum Gasteiger partial charge on any atom is 0.310 e. The molecule has 36 heavy (non-hydrogen) atoms. The van der Waals surface area contributed by atoms with Crippen LogP contribution in [0.5, 0.6) is 11.5 Å². The summed E-state index contributed by atoms with van der Waals surface area (Å²) >= 11 is 6.47. The molecule has 1 fully saturated rings. The summed E-state index contributed by atoms with van der Waals surface area (Å²) in [4.78, 5) is 27.9. The molecule has 0 bridgehead atoms. The fraction of sp³-hybridized carbons (Fsp3) is 0.444. The lowest BCUT2D eigenvalue weighted by atomic mass is 9.97. The molecule has 192 valence electrons. The second-order valence-corrected chi connectivity index (χ2v) is 9.33. The Morgan fingerprint density at radius 2 is 1.94 bits per heavy atom. The number of methoxy groups -OCH3 is 2. The maximum absolute atomic E-state index is 13.6. The first kappa shape index (κ1) is 26.0. The highest BCUT2D eigenvalue weighted by Crippen LogP contribution is 2.40. The Hall–Kier alpha value is -3.10. The van der Waals surface area contributed by atoms with Crippen molar-refractivity contribution in [3.05, 3.63) is 58.6 Å². The van der Waals surface area contributed by atoms with Gasteiger partial charge in [-0.3, -0.25) is 14.5 Å². The van der Waals surface area contributed by atoms with Crippen LogP contribution in [0.4, 0.5) is 0 Å². The Morgan fingerprint density at radius 3 is 2.67 bits per heavy atom. The Morgan fingerprint density at radius 1 is 1.14 bits per heavy atom. The van der Waals surface area contributed by atoms with Crippen molar-refractivity contribution in [3.8, 4) is 11.5 Å². The SMILES string of the molecule is CCOC(=O)[C@H]1CCCN(CC(=O)N2N=C(c3ccccc3Cl)C[C@@H]2c2ccc(OC)cc2OC)C1. The van der Waals surface area contributed by atoms with E-state index in [9.17, 15) is 9.59 Å². The van der Waals surface area contributed by atoms with Gasteiger partial charge in [-0.15, -0.1) is 0 Å². The molecular weight excluding hydrogens is 482 g/mol. The van der Waals surface area contributed by atoms with E-state index in [1.165, 1.54) is 5.01 Å². The van der Waals surface area contributed by atoms with Gasteiger partial charge in [-0.05, 0) is 44.5 Å². The molecule has 0 radical (unpaired) electrons. The predicted molar refractivity (Wildman–Crippen MR) is 138 cm³/mol. The third-order valence-corrected chi connectivity index (χ3v) is 6.96. The molecule has 9 heteroatoms. The molecule has 0 aliphatic carbocycles. The second kappa shape index (κ2) is 11.8. The number of esters is 1. The highest BCUT2D eigenvalue weighted by atomic mass is 35.5. The minimum absolute atomic E-state index is 0.149. The van der Waals surface area contributed by atoms with E-state index in [0.29, 0.717) is 36.1 Å². The van der Waals surface area contributed by atoms with E-state index in [1.54, 1.807) is 27.2 Å². The van der Waals surface area contributed by atoms with E-state index >= 15 is 0 Å². The standard InChI is InChI=1S/C27H32ClN3O5/c1-4-36-27(33)18-8-7-13-30(16-18)17-26(32)31-24(21-12-11-19(34-2)14-25(21)35-3)15-23(29-31)20-9-5-6-10-22(20)28/h5-6,9-12,14,18,24H,4,7-8,13,15-17H2,1-3H3/t18-,24+/m0/s1. The molecule has 2 aliphatic rings. The largest absolute Gasteiger partial charge is 0.497 e. The van der Waals surface area contributed by atoms with E-state index in [4.69, 9.17) is 30.9 Å². The first-order valence-electron chi connectivity index (χ1n) is 12.2. The van der Waals surface area contributed by atoms with Crippen molar-refractivity contribution < 1.29 is 23.8 Å². The number of hydrazone groups is 1. The van der Waals surface area contributed by atoms with Crippen molar-refractivity contribution in [2.75, 3.05) is 40.5 Å². The number of ether oxygens (including phenoxy) is 3. The monoisotopic (exact) mass is 513 g/mol. The van der Waals surface area contributed by atoms with Gasteiger partial charge in [0.2, 0.25) is 0 Å². The number of nitrogens with zero attached hydrogens (tertiary/aromatic N) is 3. The zero-order valence-electron chi connectivity index (χ0n) is 20.9. The summed E-state index contributed by atoms with van der Waals surface area (Å²) in [5.41, 5.74) is 2.37. The van der Waals surface area contributed by atoms with Gasteiger partial charge in [0.25, 0.3) is 5.91 Å². The molecule has 2 aromatic carbocycles. The van der Waals surface area contributed by atoms with Gasteiger partial charge >= 0.3 is 5.97 Å². The Labute approximate surface area is 216 Å². The molecule has 0 spiro atoms. The number of amides is 1. The van der Waals surface area contributed by atoms with Gasteiger partial charge in [0, 0.05) is 35.2 Å². The molecule has 2 aliphatic heterocycles.